The lowest BCUT2D eigenvalue weighted by molar-refractivity contribution is -0.138. The topological polar surface area (TPSA) is 43.9 Å². The Morgan fingerprint density at radius 2 is 1.61 bits per heavy atom. The molecule has 128 valence electrons. The molecule has 0 radical (unpaired) electrons. The van der Waals surface area contributed by atoms with Crippen molar-refractivity contribution in [3.8, 4) is 0 Å². The van der Waals surface area contributed by atoms with E-state index in [0.29, 0.717) is 13.1 Å². The van der Waals surface area contributed by atoms with Gasteiger partial charge in [-0.2, -0.15) is 0 Å². The number of nitrogens with zero attached hydrogens (tertiary/aromatic N) is 3. The summed E-state index contributed by atoms with van der Waals surface area (Å²) in [6.45, 7) is 9.87. The molecule has 0 unspecified atom stereocenters. The minimum atomic E-state index is -0.0956. The van der Waals surface area contributed by atoms with Crippen molar-refractivity contribution in [2.45, 2.75) is 27.3 Å². The summed E-state index contributed by atoms with van der Waals surface area (Å²) >= 11 is 0. The second-order valence-electron chi connectivity index (χ2n) is 5.70. The third-order valence-corrected chi connectivity index (χ3v) is 4.06. The molecule has 0 aliphatic carbocycles. The third-order valence-electron chi connectivity index (χ3n) is 4.06. The highest BCUT2D eigenvalue weighted by Gasteiger charge is 2.17. The number of amides is 2. The fourth-order valence-electron chi connectivity index (χ4n) is 2.31. The van der Waals surface area contributed by atoms with Gasteiger partial charge < -0.3 is 14.7 Å². The zero-order valence-corrected chi connectivity index (χ0v) is 14.8. The molecule has 0 N–H and O–H groups in total. The molecule has 0 spiro atoms. The van der Waals surface area contributed by atoms with Gasteiger partial charge in [0, 0.05) is 33.6 Å². The molecule has 23 heavy (non-hydrogen) atoms. The summed E-state index contributed by atoms with van der Waals surface area (Å²) in [5.74, 6) is -0.111. The Balaban J connectivity index is 2.74. The normalized spacial score (nSPS) is 10.7. The molecule has 0 atom stereocenters. The summed E-state index contributed by atoms with van der Waals surface area (Å²) < 4.78 is 0. The molecule has 1 aromatic carbocycles. The van der Waals surface area contributed by atoms with Crippen molar-refractivity contribution in [1.82, 2.24) is 14.7 Å². The van der Waals surface area contributed by atoms with Crippen molar-refractivity contribution in [3.63, 3.8) is 0 Å². The summed E-state index contributed by atoms with van der Waals surface area (Å²) in [5.41, 5.74) is 1.10. The van der Waals surface area contributed by atoms with Gasteiger partial charge in [-0.25, -0.2) is 0 Å². The van der Waals surface area contributed by atoms with E-state index < -0.39 is 0 Å². The molecule has 1 aromatic rings. The quantitative estimate of drug-likeness (QED) is 0.697. The summed E-state index contributed by atoms with van der Waals surface area (Å²) in [4.78, 5) is 29.5. The van der Waals surface area contributed by atoms with Gasteiger partial charge in [-0.1, -0.05) is 44.2 Å². The third kappa shape index (κ3) is 6.82. The highest BCUT2D eigenvalue weighted by molar-refractivity contribution is 5.83. The van der Waals surface area contributed by atoms with Gasteiger partial charge in [0.05, 0.1) is 6.54 Å². The van der Waals surface area contributed by atoms with Gasteiger partial charge >= 0.3 is 0 Å². The first-order valence-electron chi connectivity index (χ1n) is 8.23. The number of carbonyl (C=O) groups is 2. The van der Waals surface area contributed by atoms with Crippen LogP contribution < -0.4 is 0 Å². The van der Waals surface area contributed by atoms with E-state index in [4.69, 9.17) is 0 Å². The Kier molecular flexibility index (Phi) is 8.33. The van der Waals surface area contributed by atoms with Crippen LogP contribution in [0.15, 0.2) is 30.3 Å². The van der Waals surface area contributed by atoms with Crippen LogP contribution in [0.2, 0.25) is 0 Å². The summed E-state index contributed by atoms with van der Waals surface area (Å²) in [6, 6.07) is 9.96. The van der Waals surface area contributed by atoms with Gasteiger partial charge in [-0.05, 0) is 18.7 Å². The van der Waals surface area contributed by atoms with Gasteiger partial charge in [0.2, 0.25) is 11.8 Å². The number of hydrogen-bond acceptors (Lipinski definition) is 3. The SMILES string of the molecule is CCN(CC)CCN(Cc1ccccc1)C(=O)CN(C)C(C)=O. The Morgan fingerprint density at radius 3 is 2.13 bits per heavy atom. The first-order valence-corrected chi connectivity index (χ1v) is 8.23. The predicted octanol–water partition coefficient (Wildman–Crippen LogP) is 1.84. The predicted molar refractivity (Wildman–Crippen MR) is 93.0 cm³/mol. The molecular weight excluding hydrogens is 290 g/mol. The molecule has 0 bridgehead atoms. The van der Waals surface area contributed by atoms with E-state index in [1.165, 1.54) is 11.8 Å². The fraction of sp³-hybridized carbons (Fsp3) is 0.556. The lowest BCUT2D eigenvalue weighted by Gasteiger charge is -2.28. The highest BCUT2D eigenvalue weighted by atomic mass is 16.2. The fourth-order valence-corrected chi connectivity index (χ4v) is 2.31. The van der Waals surface area contributed by atoms with Crippen LogP contribution in [0, 0.1) is 0 Å². The largest absolute Gasteiger partial charge is 0.337 e. The maximum atomic E-state index is 12.6. The molecule has 0 saturated carbocycles. The van der Waals surface area contributed by atoms with Gasteiger partial charge in [0.15, 0.2) is 0 Å². The van der Waals surface area contributed by atoms with Gasteiger partial charge in [-0.15, -0.1) is 0 Å². The van der Waals surface area contributed by atoms with E-state index in [1.54, 1.807) is 7.05 Å². The highest BCUT2D eigenvalue weighted by Crippen LogP contribution is 2.06. The molecule has 2 amide bonds. The van der Waals surface area contributed by atoms with E-state index in [-0.39, 0.29) is 18.4 Å². The molecule has 0 aliphatic heterocycles. The lowest BCUT2D eigenvalue weighted by Crippen LogP contribution is -2.43. The van der Waals surface area contributed by atoms with Crippen LogP contribution in [0.1, 0.15) is 26.3 Å². The number of likely N-dealkylation sites (N-methyl/N-ethyl adjacent to an activating group) is 2. The molecule has 0 aliphatic rings. The zero-order chi connectivity index (χ0) is 17.2. The molecule has 5 nitrogen and oxygen atoms in total. The van der Waals surface area contributed by atoms with Crippen LogP contribution in [0.5, 0.6) is 0 Å². The van der Waals surface area contributed by atoms with E-state index in [9.17, 15) is 9.59 Å². The minimum Gasteiger partial charge on any atom is -0.337 e. The molecule has 0 saturated heterocycles. The van der Waals surface area contributed by atoms with Crippen LogP contribution in [-0.2, 0) is 16.1 Å². The summed E-state index contributed by atoms with van der Waals surface area (Å²) in [6.07, 6.45) is 0. The van der Waals surface area contributed by atoms with Crippen molar-refractivity contribution in [1.29, 1.82) is 0 Å². The standard InChI is InChI=1S/C18H29N3O2/c1-5-20(6-2)12-13-21(14-17-10-8-7-9-11-17)18(23)15-19(4)16(3)22/h7-11H,5-6,12-15H2,1-4H3. The number of benzene rings is 1. The zero-order valence-electron chi connectivity index (χ0n) is 14.8. The van der Waals surface area contributed by atoms with Crippen LogP contribution in [0.4, 0.5) is 0 Å². The first kappa shape index (κ1) is 19.2. The molecular formula is C18H29N3O2. The maximum absolute atomic E-state index is 12.6. The Morgan fingerprint density at radius 1 is 1.00 bits per heavy atom. The molecule has 0 heterocycles. The van der Waals surface area contributed by atoms with Crippen molar-refractivity contribution in [2.24, 2.45) is 0 Å². The van der Waals surface area contributed by atoms with Gasteiger partial charge in [-0.3, -0.25) is 9.59 Å². The number of carbonyl (C=O) groups excluding carboxylic acids is 2. The molecule has 1 rings (SSSR count). The first-order chi connectivity index (χ1) is 11.0. The minimum absolute atomic E-state index is 0.0151. The van der Waals surface area contributed by atoms with E-state index in [2.05, 4.69) is 18.7 Å². The van der Waals surface area contributed by atoms with Crippen LogP contribution in [0.3, 0.4) is 0 Å². The van der Waals surface area contributed by atoms with Crippen molar-refractivity contribution in [3.05, 3.63) is 35.9 Å². The molecule has 0 fully saturated rings. The van der Waals surface area contributed by atoms with Gasteiger partial charge in [0.25, 0.3) is 0 Å². The number of hydrogen-bond donors (Lipinski definition) is 0. The van der Waals surface area contributed by atoms with Crippen molar-refractivity contribution < 1.29 is 9.59 Å². The van der Waals surface area contributed by atoms with E-state index >= 15 is 0 Å². The van der Waals surface area contributed by atoms with E-state index in [1.807, 2.05) is 35.2 Å². The summed E-state index contributed by atoms with van der Waals surface area (Å²) in [7, 11) is 1.66. The monoisotopic (exact) mass is 319 g/mol. The van der Waals surface area contributed by atoms with Crippen LogP contribution in [-0.4, -0.2) is 66.3 Å². The van der Waals surface area contributed by atoms with Crippen LogP contribution in [0.25, 0.3) is 0 Å². The average molecular weight is 319 g/mol. The van der Waals surface area contributed by atoms with Crippen molar-refractivity contribution in [2.75, 3.05) is 39.8 Å². The Labute approximate surface area is 139 Å². The Bertz CT molecular complexity index is 486. The van der Waals surface area contributed by atoms with Crippen LogP contribution >= 0.6 is 0 Å². The second kappa shape index (κ2) is 10.0. The average Bonchev–Trinajstić information content (AvgIpc) is 2.55. The Hall–Kier alpha value is -1.88. The summed E-state index contributed by atoms with van der Waals surface area (Å²) in [5, 5.41) is 0. The number of rotatable bonds is 9. The second-order valence-corrected chi connectivity index (χ2v) is 5.70. The van der Waals surface area contributed by atoms with Crippen molar-refractivity contribution >= 4 is 11.8 Å². The maximum Gasteiger partial charge on any atom is 0.242 e. The smallest absolute Gasteiger partial charge is 0.242 e. The molecule has 5 heteroatoms. The lowest BCUT2D eigenvalue weighted by atomic mass is 10.2. The van der Waals surface area contributed by atoms with Gasteiger partial charge in [0.1, 0.15) is 0 Å². The molecule has 0 aromatic heterocycles. The van der Waals surface area contributed by atoms with E-state index in [0.717, 1.165) is 25.2 Å².